The first-order valence-electron chi connectivity index (χ1n) is 22.3. The van der Waals surface area contributed by atoms with E-state index in [0.717, 1.165) is 67.7 Å². The van der Waals surface area contributed by atoms with Crippen LogP contribution in [0.4, 0.5) is 28.4 Å². The Morgan fingerprint density at radius 3 is 2.54 bits per heavy atom. The molecule has 0 bridgehead atoms. The molecule has 16 nitrogen and oxygen atoms in total. The van der Waals surface area contributed by atoms with Crippen LogP contribution < -0.4 is 24.6 Å². The molecule has 5 aromatic rings. The van der Waals surface area contributed by atoms with Crippen molar-refractivity contribution in [3.05, 3.63) is 111 Å². The number of rotatable bonds is 12. The Hall–Kier alpha value is -5.72. The zero-order valence-corrected chi connectivity index (χ0v) is 37.5. The minimum atomic E-state index is -4.58. The van der Waals surface area contributed by atoms with Gasteiger partial charge < -0.3 is 34.3 Å². The number of hydrogen-bond acceptors (Lipinski definition) is 13. The lowest BCUT2D eigenvalue weighted by molar-refractivity contribution is -0.384. The molecule has 10 rings (SSSR count). The SMILES string of the molecule is O=C(NS(=O)(=O)c1ccc(NC[C@@H]2COCCO2)c([N+](=O)[O-])c1)c1ccc(N2CCN(CC3=C(c4ccc(Cl)cc4)CC4(CCC4)CC3)CC2)cc1N1CCOc2nc3[nH]ccc3cc21. The van der Waals surface area contributed by atoms with Gasteiger partial charge >= 0.3 is 0 Å². The molecule has 3 aromatic carbocycles. The van der Waals surface area contributed by atoms with E-state index in [1.807, 2.05) is 41.3 Å². The fourth-order valence-electron chi connectivity index (χ4n) is 9.91. The van der Waals surface area contributed by atoms with Gasteiger partial charge in [0.2, 0.25) is 5.88 Å². The number of sulfonamides is 1. The standard InChI is InChI=1S/C47H51ClN8O8S/c48-34-4-2-31(3-5-34)39-27-47(12-1-13-47)14-10-33(39)29-53-16-18-54(19-17-53)35-6-8-38(41(25-35)55-20-21-64-46-43(55)24-32-11-15-49-44(32)51-46)45(57)52-65(60,61)37-7-9-40(42(26-37)56(58)59)50-28-36-30-62-22-23-63-36/h2-9,11,15,24-26,36,50H,1,10,12-14,16-23,27-30H2,(H,49,51)(H,52,57)/t36-/m1/s1. The van der Waals surface area contributed by atoms with E-state index in [2.05, 4.69) is 37.0 Å². The number of allylic oxidation sites excluding steroid dienone is 1. The Morgan fingerprint density at radius 1 is 0.954 bits per heavy atom. The van der Waals surface area contributed by atoms with E-state index in [1.54, 1.807) is 12.3 Å². The molecular formula is C47H51ClN8O8S. The van der Waals surface area contributed by atoms with Crippen LogP contribution in [0.15, 0.2) is 89.5 Å². The molecule has 0 radical (unpaired) electrons. The second kappa shape index (κ2) is 17.9. The number of H-pyrrole nitrogens is 1. The first-order chi connectivity index (χ1) is 31.5. The molecule has 1 amide bonds. The number of carbonyl (C=O) groups excluding carboxylic acids is 1. The smallest absolute Gasteiger partial charge is 0.293 e. The van der Waals surface area contributed by atoms with Crippen LogP contribution in [-0.4, -0.2) is 112 Å². The van der Waals surface area contributed by atoms with Gasteiger partial charge in [-0.2, -0.15) is 4.98 Å². The number of piperazine rings is 1. The lowest BCUT2D eigenvalue weighted by Crippen LogP contribution is -2.47. The predicted molar refractivity (Wildman–Crippen MR) is 249 cm³/mol. The third-order valence-electron chi connectivity index (χ3n) is 13.6. The second-order valence-electron chi connectivity index (χ2n) is 17.6. The molecule has 0 unspecified atom stereocenters. The molecule has 3 aliphatic heterocycles. The second-order valence-corrected chi connectivity index (χ2v) is 19.8. The summed E-state index contributed by atoms with van der Waals surface area (Å²) in [5, 5.41) is 16.7. The molecule has 2 aromatic heterocycles. The topological polar surface area (TPSA) is 185 Å². The Bertz CT molecular complexity index is 2760. The summed E-state index contributed by atoms with van der Waals surface area (Å²) in [6, 6.07) is 21.1. The summed E-state index contributed by atoms with van der Waals surface area (Å²) in [5.41, 5.74) is 7.11. The summed E-state index contributed by atoms with van der Waals surface area (Å²) in [7, 11) is -4.58. The molecule has 2 aliphatic carbocycles. The Morgan fingerprint density at radius 2 is 1.78 bits per heavy atom. The lowest BCUT2D eigenvalue weighted by atomic mass is 9.59. The van der Waals surface area contributed by atoms with Gasteiger partial charge in [0.1, 0.15) is 23.6 Å². The number of nitrogens with one attached hydrogen (secondary N) is 3. The normalized spacial score (nSPS) is 20.0. The third-order valence-corrected chi connectivity index (χ3v) is 15.2. The number of pyridine rings is 1. The molecule has 1 saturated carbocycles. The Kier molecular flexibility index (Phi) is 11.9. The molecule has 5 heterocycles. The van der Waals surface area contributed by atoms with Crippen molar-refractivity contribution in [3.63, 3.8) is 0 Å². The summed E-state index contributed by atoms with van der Waals surface area (Å²) >= 11 is 6.30. The number of halogens is 1. The first-order valence-corrected chi connectivity index (χ1v) is 24.1. The van der Waals surface area contributed by atoms with Gasteiger partial charge in [-0.05, 0) is 103 Å². The van der Waals surface area contributed by atoms with Gasteiger partial charge in [0.25, 0.3) is 21.6 Å². The van der Waals surface area contributed by atoms with Crippen molar-refractivity contribution >= 4 is 72.6 Å². The molecule has 3 fully saturated rings. The van der Waals surface area contributed by atoms with E-state index in [0.29, 0.717) is 54.7 Å². The number of amides is 1. The van der Waals surface area contributed by atoms with Crippen LogP contribution in [-0.2, 0) is 19.5 Å². The van der Waals surface area contributed by atoms with Gasteiger partial charge in [-0.15, -0.1) is 0 Å². The number of hydrogen-bond donors (Lipinski definition) is 3. The van der Waals surface area contributed by atoms with Crippen molar-refractivity contribution in [2.75, 3.05) is 87.4 Å². The maximum Gasteiger partial charge on any atom is 0.293 e. The largest absolute Gasteiger partial charge is 0.474 e. The average Bonchev–Trinajstić information content (AvgIpc) is 3.77. The molecule has 65 heavy (non-hydrogen) atoms. The van der Waals surface area contributed by atoms with E-state index < -0.39 is 31.4 Å². The number of carbonyl (C=O) groups is 1. The molecule has 5 aliphatic rings. The van der Waals surface area contributed by atoms with Crippen molar-refractivity contribution in [2.45, 2.75) is 49.5 Å². The number of ether oxygens (including phenoxy) is 3. The van der Waals surface area contributed by atoms with Crippen LogP contribution in [0.5, 0.6) is 5.88 Å². The van der Waals surface area contributed by atoms with E-state index >= 15 is 0 Å². The highest BCUT2D eigenvalue weighted by atomic mass is 35.5. The number of fused-ring (bicyclic) bond motifs is 2. The fraction of sp³-hybridized carbons (Fsp3) is 0.404. The molecule has 3 N–H and O–H groups in total. The number of nitro groups is 1. The van der Waals surface area contributed by atoms with Gasteiger partial charge in [-0.1, -0.05) is 35.7 Å². The van der Waals surface area contributed by atoms with Gasteiger partial charge in [-0.25, -0.2) is 13.1 Å². The summed E-state index contributed by atoms with van der Waals surface area (Å²) in [6.07, 6.45) is 8.88. The van der Waals surface area contributed by atoms with Crippen LogP contribution in [0.25, 0.3) is 16.6 Å². The number of anilines is 4. The van der Waals surface area contributed by atoms with E-state index in [-0.39, 0.29) is 30.5 Å². The summed E-state index contributed by atoms with van der Waals surface area (Å²) in [5.74, 6) is -0.508. The molecule has 1 spiro atoms. The summed E-state index contributed by atoms with van der Waals surface area (Å²) in [6.45, 7) is 6.17. The van der Waals surface area contributed by atoms with Gasteiger partial charge in [0, 0.05) is 67.6 Å². The highest BCUT2D eigenvalue weighted by Crippen LogP contribution is 2.55. The molecule has 340 valence electrons. The minimum absolute atomic E-state index is 0.101. The third kappa shape index (κ3) is 8.99. The van der Waals surface area contributed by atoms with Gasteiger partial charge in [0.05, 0.1) is 53.5 Å². The van der Waals surface area contributed by atoms with Crippen LogP contribution >= 0.6 is 11.6 Å². The van der Waals surface area contributed by atoms with Crippen LogP contribution in [0, 0.1) is 15.5 Å². The molecule has 2 saturated heterocycles. The Balaban J connectivity index is 0.906. The summed E-state index contributed by atoms with van der Waals surface area (Å²) in [4.78, 5) is 39.9. The van der Waals surface area contributed by atoms with Crippen molar-refractivity contribution in [3.8, 4) is 5.88 Å². The van der Waals surface area contributed by atoms with E-state index in [4.69, 9.17) is 30.8 Å². The molecule has 18 heteroatoms. The zero-order valence-electron chi connectivity index (χ0n) is 35.9. The van der Waals surface area contributed by atoms with E-state index in [1.165, 1.54) is 54.5 Å². The highest BCUT2D eigenvalue weighted by Gasteiger charge is 2.41. The van der Waals surface area contributed by atoms with Gasteiger partial charge in [-0.3, -0.25) is 19.8 Å². The van der Waals surface area contributed by atoms with Crippen molar-refractivity contribution in [1.82, 2.24) is 19.6 Å². The van der Waals surface area contributed by atoms with Crippen LogP contribution in [0.1, 0.15) is 54.4 Å². The van der Waals surface area contributed by atoms with Crippen LogP contribution in [0.3, 0.4) is 0 Å². The van der Waals surface area contributed by atoms with Crippen molar-refractivity contribution in [1.29, 1.82) is 0 Å². The van der Waals surface area contributed by atoms with E-state index in [9.17, 15) is 23.3 Å². The lowest BCUT2D eigenvalue weighted by Gasteiger charge is -2.47. The predicted octanol–water partition coefficient (Wildman–Crippen LogP) is 7.53. The van der Waals surface area contributed by atoms with Crippen molar-refractivity contribution < 1.29 is 32.3 Å². The summed E-state index contributed by atoms with van der Waals surface area (Å²) < 4.78 is 47.0. The maximum atomic E-state index is 14.3. The zero-order chi connectivity index (χ0) is 44.7. The molecular weight excluding hydrogens is 872 g/mol. The number of aromatic amines is 1. The number of benzene rings is 3. The quantitative estimate of drug-likeness (QED) is 0.0825. The average molecular weight is 923 g/mol. The number of aromatic nitrogens is 2. The highest BCUT2D eigenvalue weighted by molar-refractivity contribution is 7.90. The Labute approximate surface area is 382 Å². The monoisotopic (exact) mass is 922 g/mol. The first kappa shape index (κ1) is 43.2. The van der Waals surface area contributed by atoms with Crippen LogP contribution in [0.2, 0.25) is 5.02 Å². The maximum absolute atomic E-state index is 14.3. The number of nitro benzene ring substituents is 1. The molecule has 1 atom stereocenters. The number of nitrogens with zero attached hydrogens (tertiary/aromatic N) is 5. The minimum Gasteiger partial charge on any atom is -0.474 e. The fourth-order valence-corrected chi connectivity index (χ4v) is 11.0. The van der Waals surface area contributed by atoms with Gasteiger partial charge in [0.15, 0.2) is 0 Å². The van der Waals surface area contributed by atoms with Crippen molar-refractivity contribution in [2.24, 2.45) is 5.41 Å².